The van der Waals surface area contributed by atoms with Gasteiger partial charge in [0.1, 0.15) is 18.2 Å². The van der Waals surface area contributed by atoms with Crippen LogP contribution in [0.1, 0.15) is 41.0 Å². The average molecular weight is 647 g/mol. The number of rotatable bonds is 12. The number of carbonyl (C=O) groups is 3. The minimum Gasteiger partial charge on any atom is -0.480 e. The normalized spacial score (nSPS) is 16.0. The Morgan fingerprint density at radius 1 is 0.833 bits per heavy atom. The van der Waals surface area contributed by atoms with Crippen LogP contribution in [0.25, 0.3) is 11.1 Å². The number of alkyl carbamates (subject to hydrolysis) is 1. The number of likely N-dealkylation sites (tertiary alicyclic amines) is 1. The third-order valence-corrected chi connectivity index (χ3v) is 9.47. The van der Waals surface area contributed by atoms with Gasteiger partial charge in [-0.2, -0.15) is 0 Å². The number of hydrogen-bond donors (Lipinski definition) is 3. The molecule has 48 heavy (non-hydrogen) atoms. The number of carboxylic acids is 1. The van der Waals surface area contributed by atoms with Crippen molar-refractivity contribution in [2.75, 3.05) is 33.3 Å². The second kappa shape index (κ2) is 14.8. The highest BCUT2D eigenvalue weighted by molar-refractivity contribution is 5.93. The maximum atomic E-state index is 14.1. The van der Waals surface area contributed by atoms with Gasteiger partial charge in [0.05, 0.1) is 0 Å². The fourth-order valence-electron chi connectivity index (χ4n) is 6.93. The van der Waals surface area contributed by atoms with E-state index in [1.807, 2.05) is 84.7 Å². The summed E-state index contributed by atoms with van der Waals surface area (Å²) in [6, 6.07) is 34.9. The minimum atomic E-state index is -1.33. The summed E-state index contributed by atoms with van der Waals surface area (Å²) in [5.41, 5.74) is 5.30. The first-order valence-corrected chi connectivity index (χ1v) is 16.5. The van der Waals surface area contributed by atoms with Crippen molar-refractivity contribution in [1.82, 2.24) is 20.4 Å². The van der Waals surface area contributed by atoms with Crippen LogP contribution < -0.4 is 10.6 Å². The van der Waals surface area contributed by atoms with Gasteiger partial charge in [-0.1, -0.05) is 109 Å². The van der Waals surface area contributed by atoms with Gasteiger partial charge in [-0.05, 0) is 53.3 Å². The molecule has 4 aromatic carbocycles. The number of piperidine rings is 1. The lowest BCUT2D eigenvalue weighted by Gasteiger charge is -2.41. The van der Waals surface area contributed by atoms with Crippen molar-refractivity contribution in [3.63, 3.8) is 0 Å². The number of aliphatic carboxylic acids is 1. The predicted octanol–water partition coefficient (Wildman–Crippen LogP) is 5.26. The van der Waals surface area contributed by atoms with E-state index in [9.17, 15) is 19.5 Å². The van der Waals surface area contributed by atoms with Crippen LogP contribution in [0, 0.1) is 0 Å². The molecule has 3 N–H and O–H groups in total. The zero-order valence-corrected chi connectivity index (χ0v) is 27.2. The molecule has 1 aliphatic carbocycles. The molecule has 1 atom stereocenters. The SMILES string of the molecule is CN(Cc1ccccc1)CC(NC(=O)C1(NC(=O)OCC2c3ccccc3-c3ccccc32)CCN(Cc2ccccc2)CC1)C(=O)O. The predicted molar refractivity (Wildman–Crippen MR) is 184 cm³/mol. The summed E-state index contributed by atoms with van der Waals surface area (Å²) in [4.78, 5) is 44.1. The molecule has 1 aliphatic heterocycles. The summed E-state index contributed by atoms with van der Waals surface area (Å²) < 4.78 is 5.86. The highest BCUT2D eigenvalue weighted by Crippen LogP contribution is 2.44. The van der Waals surface area contributed by atoms with Crippen molar-refractivity contribution in [1.29, 1.82) is 0 Å². The number of ether oxygens (including phenoxy) is 1. The van der Waals surface area contributed by atoms with Crippen molar-refractivity contribution in [3.8, 4) is 11.1 Å². The summed E-state index contributed by atoms with van der Waals surface area (Å²) in [6.07, 6.45) is -0.0824. The molecule has 4 aromatic rings. The number of benzene rings is 4. The third-order valence-electron chi connectivity index (χ3n) is 9.47. The molecule has 0 radical (unpaired) electrons. The lowest BCUT2D eigenvalue weighted by molar-refractivity contribution is -0.144. The Bertz CT molecular complexity index is 1680. The molecule has 2 aliphatic rings. The Balaban J connectivity index is 1.15. The molecular weight excluding hydrogens is 604 g/mol. The Morgan fingerprint density at radius 2 is 1.38 bits per heavy atom. The third kappa shape index (κ3) is 7.59. The largest absolute Gasteiger partial charge is 0.480 e. The monoisotopic (exact) mass is 646 g/mol. The van der Waals surface area contributed by atoms with E-state index in [2.05, 4.69) is 51.9 Å². The minimum absolute atomic E-state index is 0.0944. The molecule has 0 saturated carbocycles. The highest BCUT2D eigenvalue weighted by Gasteiger charge is 2.45. The van der Waals surface area contributed by atoms with E-state index in [4.69, 9.17) is 4.74 Å². The van der Waals surface area contributed by atoms with E-state index in [-0.39, 0.29) is 19.1 Å². The Morgan fingerprint density at radius 3 is 1.96 bits per heavy atom. The van der Waals surface area contributed by atoms with Gasteiger partial charge in [0.15, 0.2) is 0 Å². The van der Waals surface area contributed by atoms with Gasteiger partial charge >= 0.3 is 12.1 Å². The van der Waals surface area contributed by atoms with Gasteiger partial charge in [-0.25, -0.2) is 9.59 Å². The van der Waals surface area contributed by atoms with Gasteiger partial charge < -0.3 is 20.5 Å². The molecule has 1 unspecified atom stereocenters. The van der Waals surface area contributed by atoms with Crippen molar-refractivity contribution in [2.45, 2.75) is 43.4 Å². The zero-order chi connectivity index (χ0) is 33.5. The Hall–Kier alpha value is -4.99. The Labute approximate surface area is 281 Å². The number of amides is 2. The van der Waals surface area contributed by atoms with Gasteiger partial charge in [0.2, 0.25) is 5.91 Å². The second-order valence-corrected chi connectivity index (χ2v) is 12.8. The van der Waals surface area contributed by atoms with Gasteiger partial charge in [0.25, 0.3) is 0 Å². The lowest BCUT2D eigenvalue weighted by atomic mass is 9.86. The molecule has 6 rings (SSSR count). The molecule has 248 valence electrons. The molecule has 2 amide bonds. The molecule has 9 heteroatoms. The number of likely N-dealkylation sites (N-methyl/N-ethyl adjacent to an activating group) is 1. The van der Waals surface area contributed by atoms with Crippen LogP contribution in [0.4, 0.5) is 4.79 Å². The van der Waals surface area contributed by atoms with Crippen molar-refractivity contribution < 1.29 is 24.2 Å². The zero-order valence-electron chi connectivity index (χ0n) is 27.2. The summed E-state index contributed by atoms with van der Waals surface area (Å²) in [5.74, 6) is -1.78. The van der Waals surface area contributed by atoms with Crippen LogP contribution in [-0.2, 0) is 27.4 Å². The fraction of sp³-hybridized carbons (Fsp3) is 0.308. The van der Waals surface area contributed by atoms with Crippen LogP contribution in [0.5, 0.6) is 0 Å². The number of hydrogen-bond acceptors (Lipinski definition) is 6. The van der Waals surface area contributed by atoms with Crippen LogP contribution in [0.15, 0.2) is 109 Å². The van der Waals surface area contributed by atoms with Gasteiger partial charge in [-0.3, -0.25) is 14.6 Å². The van der Waals surface area contributed by atoms with Crippen molar-refractivity contribution in [2.24, 2.45) is 0 Å². The topological polar surface area (TPSA) is 111 Å². The summed E-state index contributed by atoms with van der Waals surface area (Å²) >= 11 is 0. The maximum Gasteiger partial charge on any atom is 0.408 e. The second-order valence-electron chi connectivity index (χ2n) is 12.8. The molecule has 1 saturated heterocycles. The van der Waals surface area contributed by atoms with Crippen LogP contribution in [0.3, 0.4) is 0 Å². The fourth-order valence-corrected chi connectivity index (χ4v) is 6.93. The van der Waals surface area contributed by atoms with E-state index in [1.54, 1.807) is 0 Å². The average Bonchev–Trinajstić information content (AvgIpc) is 3.42. The number of nitrogens with one attached hydrogen (secondary N) is 2. The first-order chi connectivity index (χ1) is 23.3. The van der Waals surface area contributed by atoms with Crippen LogP contribution >= 0.6 is 0 Å². The standard InChI is InChI=1S/C39H42N4O5/c1-42(24-28-12-4-2-5-13-28)26-35(36(44)45)40-37(46)39(20-22-43(23-21-39)25-29-14-6-3-7-15-29)41-38(47)48-27-34-32-18-10-8-16-30(32)31-17-9-11-19-33(31)34/h2-19,34-35H,20-27H2,1H3,(H,40,46)(H,41,47)(H,44,45). The molecule has 1 heterocycles. The van der Waals surface area contributed by atoms with E-state index in [1.165, 1.54) is 0 Å². The van der Waals surface area contributed by atoms with E-state index >= 15 is 0 Å². The number of nitrogens with zero attached hydrogens (tertiary/aromatic N) is 2. The van der Waals surface area contributed by atoms with Crippen LogP contribution in [-0.4, -0.2) is 77.7 Å². The van der Waals surface area contributed by atoms with Crippen LogP contribution in [0.2, 0.25) is 0 Å². The molecular formula is C39H42N4O5. The maximum absolute atomic E-state index is 14.1. The van der Waals surface area contributed by atoms with Gasteiger partial charge in [0, 0.05) is 38.6 Å². The number of fused-ring (bicyclic) bond motifs is 3. The number of carbonyl (C=O) groups excluding carboxylic acids is 2. The molecule has 0 spiro atoms. The molecule has 0 bridgehead atoms. The first kappa shape index (κ1) is 32.9. The highest BCUT2D eigenvalue weighted by atomic mass is 16.5. The molecule has 0 aromatic heterocycles. The molecule has 9 nitrogen and oxygen atoms in total. The van der Waals surface area contributed by atoms with E-state index in [0.717, 1.165) is 33.4 Å². The number of carboxylic acid groups (broad SMARTS) is 1. The van der Waals surface area contributed by atoms with E-state index < -0.39 is 29.6 Å². The molecule has 1 fully saturated rings. The quantitative estimate of drug-likeness (QED) is 0.193. The summed E-state index contributed by atoms with van der Waals surface area (Å²) in [5, 5.41) is 15.8. The van der Waals surface area contributed by atoms with Crippen molar-refractivity contribution >= 4 is 18.0 Å². The first-order valence-electron chi connectivity index (χ1n) is 16.5. The summed E-state index contributed by atoms with van der Waals surface area (Å²) in [7, 11) is 1.82. The van der Waals surface area contributed by atoms with Gasteiger partial charge in [-0.15, -0.1) is 0 Å². The smallest absolute Gasteiger partial charge is 0.408 e. The Kier molecular flexibility index (Phi) is 10.2. The van der Waals surface area contributed by atoms with Crippen molar-refractivity contribution in [3.05, 3.63) is 131 Å². The lowest BCUT2D eigenvalue weighted by Crippen LogP contribution is -2.65. The summed E-state index contributed by atoms with van der Waals surface area (Å²) in [6.45, 7) is 2.52. The van der Waals surface area contributed by atoms with E-state index in [0.29, 0.717) is 39.0 Å².